The van der Waals surface area contributed by atoms with Crippen LogP contribution in [-0.2, 0) is 0 Å². The summed E-state index contributed by atoms with van der Waals surface area (Å²) < 4.78 is 13.7. The molecule has 1 aliphatic heterocycles. The predicted molar refractivity (Wildman–Crippen MR) is 104 cm³/mol. The lowest BCUT2D eigenvalue weighted by atomic mass is 10.2. The third kappa shape index (κ3) is 3.90. The summed E-state index contributed by atoms with van der Waals surface area (Å²) in [4.78, 5) is 20.9. The van der Waals surface area contributed by atoms with Crippen molar-refractivity contribution in [2.45, 2.75) is 0 Å². The molecule has 7 nitrogen and oxygen atoms in total. The van der Waals surface area contributed by atoms with E-state index in [2.05, 4.69) is 25.4 Å². The van der Waals surface area contributed by atoms with E-state index in [-0.39, 0.29) is 17.4 Å². The van der Waals surface area contributed by atoms with Crippen molar-refractivity contribution in [2.75, 3.05) is 36.4 Å². The van der Waals surface area contributed by atoms with Crippen LogP contribution in [0.3, 0.4) is 0 Å². The summed E-state index contributed by atoms with van der Waals surface area (Å²) in [5, 5.41) is 10.9. The predicted octanol–water partition coefficient (Wildman–Crippen LogP) is 2.72. The molecule has 2 aromatic heterocycles. The number of rotatable bonds is 4. The van der Waals surface area contributed by atoms with Gasteiger partial charge in [-0.2, -0.15) is 0 Å². The molecule has 0 bridgehead atoms. The van der Waals surface area contributed by atoms with Gasteiger partial charge in [0.15, 0.2) is 11.5 Å². The molecule has 142 valence electrons. The van der Waals surface area contributed by atoms with E-state index >= 15 is 0 Å². The Morgan fingerprint density at radius 2 is 1.71 bits per heavy atom. The number of carbonyl (C=O) groups is 1. The van der Waals surface area contributed by atoms with Crippen LogP contribution in [0.2, 0.25) is 0 Å². The van der Waals surface area contributed by atoms with Gasteiger partial charge in [0.05, 0.1) is 5.69 Å². The van der Waals surface area contributed by atoms with Crippen molar-refractivity contribution in [2.24, 2.45) is 0 Å². The summed E-state index contributed by atoms with van der Waals surface area (Å²) in [6, 6.07) is 15.3. The smallest absolute Gasteiger partial charge is 0.274 e. The molecule has 8 heteroatoms. The molecule has 1 fully saturated rings. The fraction of sp³-hybridized carbons (Fsp3) is 0.200. The Kier molecular flexibility index (Phi) is 5.09. The lowest BCUT2D eigenvalue weighted by molar-refractivity contribution is 0.0739. The molecule has 0 saturated carbocycles. The van der Waals surface area contributed by atoms with E-state index in [1.54, 1.807) is 41.4 Å². The van der Waals surface area contributed by atoms with Crippen molar-refractivity contribution < 1.29 is 9.18 Å². The summed E-state index contributed by atoms with van der Waals surface area (Å²) >= 11 is 0. The van der Waals surface area contributed by atoms with Gasteiger partial charge in [0.1, 0.15) is 11.6 Å². The first-order chi connectivity index (χ1) is 13.7. The minimum Gasteiger partial charge on any atom is -0.353 e. The fourth-order valence-electron chi connectivity index (χ4n) is 3.05. The zero-order valence-electron chi connectivity index (χ0n) is 15.1. The first kappa shape index (κ1) is 17.8. The van der Waals surface area contributed by atoms with Crippen LogP contribution in [0.5, 0.6) is 0 Å². The number of aromatic nitrogens is 3. The molecule has 0 spiro atoms. The van der Waals surface area contributed by atoms with Gasteiger partial charge in [0, 0.05) is 32.4 Å². The van der Waals surface area contributed by atoms with Gasteiger partial charge in [0.2, 0.25) is 0 Å². The molecule has 3 heterocycles. The number of carbonyl (C=O) groups excluding carboxylic acids is 1. The molecule has 1 aliphatic rings. The van der Waals surface area contributed by atoms with E-state index in [0.717, 1.165) is 5.82 Å². The maximum Gasteiger partial charge on any atom is 0.274 e. The van der Waals surface area contributed by atoms with Crippen molar-refractivity contribution in [1.82, 2.24) is 20.1 Å². The van der Waals surface area contributed by atoms with Crippen molar-refractivity contribution >= 4 is 23.2 Å². The number of nitrogens with one attached hydrogen (secondary N) is 1. The van der Waals surface area contributed by atoms with Crippen LogP contribution in [0.1, 0.15) is 10.5 Å². The Morgan fingerprint density at radius 3 is 2.39 bits per heavy atom. The van der Waals surface area contributed by atoms with Gasteiger partial charge in [-0.25, -0.2) is 9.37 Å². The highest BCUT2D eigenvalue weighted by molar-refractivity contribution is 5.92. The zero-order chi connectivity index (χ0) is 19.3. The third-order valence-corrected chi connectivity index (χ3v) is 4.56. The summed E-state index contributed by atoms with van der Waals surface area (Å²) in [7, 11) is 0. The molecule has 0 unspecified atom stereocenters. The Balaban J connectivity index is 1.37. The van der Waals surface area contributed by atoms with E-state index in [9.17, 15) is 9.18 Å². The summed E-state index contributed by atoms with van der Waals surface area (Å²) in [6.07, 6.45) is 1.76. The van der Waals surface area contributed by atoms with Crippen molar-refractivity contribution in [3.63, 3.8) is 0 Å². The maximum atomic E-state index is 13.7. The molecule has 1 aromatic carbocycles. The van der Waals surface area contributed by atoms with Crippen molar-refractivity contribution in [3.05, 3.63) is 72.3 Å². The number of para-hydroxylation sites is 1. The summed E-state index contributed by atoms with van der Waals surface area (Å²) in [5.41, 5.74) is 0.576. The van der Waals surface area contributed by atoms with Crippen molar-refractivity contribution in [1.29, 1.82) is 0 Å². The van der Waals surface area contributed by atoms with E-state index < -0.39 is 0 Å². The minimum atomic E-state index is -0.379. The van der Waals surface area contributed by atoms with Gasteiger partial charge in [-0.3, -0.25) is 4.79 Å². The van der Waals surface area contributed by atoms with Crippen LogP contribution in [0.15, 0.2) is 60.8 Å². The van der Waals surface area contributed by atoms with Crippen LogP contribution in [0.25, 0.3) is 0 Å². The van der Waals surface area contributed by atoms with Crippen LogP contribution in [0, 0.1) is 5.82 Å². The topological polar surface area (TPSA) is 74.2 Å². The normalized spacial score (nSPS) is 14.0. The van der Waals surface area contributed by atoms with Gasteiger partial charge in [0.25, 0.3) is 5.91 Å². The number of anilines is 3. The second-order valence-corrected chi connectivity index (χ2v) is 6.38. The molecular weight excluding hydrogens is 359 g/mol. The highest BCUT2D eigenvalue weighted by atomic mass is 19.1. The fourth-order valence-corrected chi connectivity index (χ4v) is 3.05. The first-order valence-electron chi connectivity index (χ1n) is 9.01. The number of pyridine rings is 1. The second-order valence-electron chi connectivity index (χ2n) is 6.38. The van der Waals surface area contributed by atoms with Crippen LogP contribution in [-0.4, -0.2) is 52.2 Å². The van der Waals surface area contributed by atoms with E-state index in [1.165, 1.54) is 6.07 Å². The Labute approximate surface area is 161 Å². The molecule has 0 radical (unpaired) electrons. The molecule has 0 atom stereocenters. The van der Waals surface area contributed by atoms with Crippen LogP contribution in [0.4, 0.5) is 21.7 Å². The molecule has 28 heavy (non-hydrogen) atoms. The number of piperazine rings is 1. The number of benzene rings is 1. The molecule has 0 aliphatic carbocycles. The number of nitrogens with zero attached hydrogens (tertiary/aromatic N) is 5. The van der Waals surface area contributed by atoms with Gasteiger partial charge in [-0.15, -0.1) is 10.2 Å². The van der Waals surface area contributed by atoms with Gasteiger partial charge < -0.3 is 15.1 Å². The first-order valence-corrected chi connectivity index (χ1v) is 9.01. The second kappa shape index (κ2) is 7.99. The maximum absolute atomic E-state index is 13.7. The van der Waals surface area contributed by atoms with Gasteiger partial charge >= 0.3 is 0 Å². The molecule has 1 amide bonds. The standard InChI is InChI=1S/C20H19FN6O/c21-15-5-1-2-6-16(15)23-18-9-8-17(24-25-18)20(28)27-13-11-26(12-14-27)19-7-3-4-10-22-19/h1-10H,11-14H2,(H,23,25). The Hall–Kier alpha value is -3.55. The number of hydrogen-bond acceptors (Lipinski definition) is 6. The van der Waals surface area contributed by atoms with E-state index in [1.807, 2.05) is 18.2 Å². The average Bonchev–Trinajstić information content (AvgIpc) is 2.76. The molecule has 1 saturated heterocycles. The van der Waals surface area contributed by atoms with Gasteiger partial charge in [-0.05, 0) is 36.4 Å². The zero-order valence-corrected chi connectivity index (χ0v) is 15.1. The van der Waals surface area contributed by atoms with E-state index in [0.29, 0.717) is 37.7 Å². The molecule has 4 rings (SSSR count). The highest BCUT2D eigenvalue weighted by Gasteiger charge is 2.23. The van der Waals surface area contributed by atoms with Gasteiger partial charge in [-0.1, -0.05) is 18.2 Å². The lowest BCUT2D eigenvalue weighted by Gasteiger charge is -2.35. The number of hydrogen-bond donors (Lipinski definition) is 1. The summed E-state index contributed by atoms with van der Waals surface area (Å²) in [5.74, 6) is 0.750. The molecule has 3 aromatic rings. The third-order valence-electron chi connectivity index (χ3n) is 4.56. The van der Waals surface area contributed by atoms with Crippen LogP contribution >= 0.6 is 0 Å². The number of halogens is 1. The Bertz CT molecular complexity index is 942. The Morgan fingerprint density at radius 1 is 0.929 bits per heavy atom. The molecule has 1 N–H and O–H groups in total. The lowest BCUT2D eigenvalue weighted by Crippen LogP contribution is -2.49. The molecular formula is C20H19FN6O. The van der Waals surface area contributed by atoms with Crippen molar-refractivity contribution in [3.8, 4) is 0 Å². The quantitative estimate of drug-likeness (QED) is 0.753. The SMILES string of the molecule is O=C(c1ccc(Nc2ccccc2F)nn1)N1CCN(c2ccccn2)CC1. The largest absolute Gasteiger partial charge is 0.353 e. The highest BCUT2D eigenvalue weighted by Crippen LogP contribution is 2.18. The minimum absolute atomic E-state index is 0.161. The summed E-state index contributed by atoms with van der Waals surface area (Å²) in [6.45, 7) is 2.60. The monoisotopic (exact) mass is 378 g/mol. The number of amides is 1. The van der Waals surface area contributed by atoms with E-state index in [4.69, 9.17) is 0 Å². The van der Waals surface area contributed by atoms with Crippen LogP contribution < -0.4 is 10.2 Å². The average molecular weight is 378 g/mol.